The van der Waals surface area contributed by atoms with E-state index in [9.17, 15) is 14.7 Å². The van der Waals surface area contributed by atoms with Gasteiger partial charge in [0.15, 0.2) is 5.69 Å². The molecule has 0 saturated heterocycles. The average Bonchev–Trinajstić information content (AvgIpc) is 2.46. The zero-order valence-electron chi connectivity index (χ0n) is 11.2. The fourth-order valence-corrected chi connectivity index (χ4v) is 1.92. The number of aromatic hydroxyl groups is 1. The molecule has 1 amide bonds. The van der Waals surface area contributed by atoms with E-state index < -0.39 is 23.6 Å². The summed E-state index contributed by atoms with van der Waals surface area (Å²) >= 11 is 5.89. The molecule has 0 saturated carbocycles. The first-order valence-electron chi connectivity index (χ1n) is 6.12. The van der Waals surface area contributed by atoms with Crippen molar-refractivity contribution in [2.45, 2.75) is 5.94 Å². The van der Waals surface area contributed by atoms with Gasteiger partial charge in [-0.3, -0.25) is 9.59 Å². The van der Waals surface area contributed by atoms with Crippen LogP contribution < -0.4 is 5.32 Å². The minimum absolute atomic E-state index is 0.317. The smallest absolute Gasteiger partial charge is 0.316 e. The Hall–Kier alpha value is -2.54. The van der Waals surface area contributed by atoms with E-state index in [4.69, 9.17) is 24.6 Å². The molecule has 1 unspecified atom stereocenters. The molecule has 2 radical (unpaired) electrons. The number of rotatable bonds is 4. The van der Waals surface area contributed by atoms with Gasteiger partial charge in [0, 0.05) is 16.8 Å². The summed E-state index contributed by atoms with van der Waals surface area (Å²) < 4.78 is 0. The Labute approximate surface area is 132 Å². The van der Waals surface area contributed by atoms with E-state index in [1.807, 2.05) is 5.32 Å². The van der Waals surface area contributed by atoms with Crippen molar-refractivity contribution in [1.29, 1.82) is 0 Å². The zero-order valence-corrected chi connectivity index (χ0v) is 11.9. The summed E-state index contributed by atoms with van der Waals surface area (Å²) in [7, 11) is 5.19. The molecule has 0 aliphatic heterocycles. The van der Waals surface area contributed by atoms with Gasteiger partial charge in [-0.2, -0.15) is 0 Å². The number of nitrogens with one attached hydrogen (secondary N) is 1. The van der Waals surface area contributed by atoms with Gasteiger partial charge in [-0.15, -0.1) is 0 Å². The van der Waals surface area contributed by atoms with Crippen molar-refractivity contribution in [2.75, 3.05) is 0 Å². The topological polar surface area (TPSA) is 99.5 Å². The lowest BCUT2D eigenvalue weighted by Crippen LogP contribution is -2.41. The number of halogens is 1. The van der Waals surface area contributed by atoms with E-state index in [2.05, 4.69) is 4.98 Å². The highest BCUT2D eigenvalue weighted by atomic mass is 35.5. The molecule has 0 fully saturated rings. The van der Waals surface area contributed by atoms with Gasteiger partial charge in [0.25, 0.3) is 5.91 Å². The van der Waals surface area contributed by atoms with Crippen LogP contribution in [-0.2, 0) is 4.79 Å². The SMILES string of the molecule is [B]C(NC(=O)c1ncc(-c2cccc(Cl)c2)cc1O)C(=O)O. The first kappa shape index (κ1) is 15.8. The number of amides is 1. The highest BCUT2D eigenvalue weighted by Crippen LogP contribution is 2.26. The third kappa shape index (κ3) is 3.56. The summed E-state index contributed by atoms with van der Waals surface area (Å²) in [6.45, 7) is 0. The number of carbonyl (C=O) groups excluding carboxylic acids is 1. The Kier molecular flexibility index (Phi) is 4.67. The Morgan fingerprint density at radius 2 is 2.00 bits per heavy atom. The first-order chi connectivity index (χ1) is 10.4. The van der Waals surface area contributed by atoms with Crippen molar-refractivity contribution in [3.8, 4) is 16.9 Å². The third-order valence-corrected chi connectivity index (χ3v) is 3.03. The van der Waals surface area contributed by atoms with Crippen LogP contribution in [0.1, 0.15) is 10.5 Å². The lowest BCUT2D eigenvalue weighted by Gasteiger charge is -2.11. The van der Waals surface area contributed by atoms with E-state index in [1.165, 1.54) is 12.3 Å². The van der Waals surface area contributed by atoms with Gasteiger partial charge >= 0.3 is 5.97 Å². The number of hydrogen-bond donors (Lipinski definition) is 3. The summed E-state index contributed by atoms with van der Waals surface area (Å²) in [5, 5.41) is 21.1. The average molecular weight is 317 g/mol. The van der Waals surface area contributed by atoms with Crippen LogP contribution in [-0.4, -0.2) is 40.9 Å². The van der Waals surface area contributed by atoms with Gasteiger partial charge < -0.3 is 15.5 Å². The van der Waals surface area contributed by atoms with Crippen LogP contribution in [0.15, 0.2) is 36.5 Å². The maximum atomic E-state index is 11.8. The maximum Gasteiger partial charge on any atom is 0.316 e. The molecular formula is C14H10BClN2O4. The van der Waals surface area contributed by atoms with Crippen LogP contribution in [0.4, 0.5) is 0 Å². The van der Waals surface area contributed by atoms with Crippen LogP contribution in [0.25, 0.3) is 11.1 Å². The van der Waals surface area contributed by atoms with E-state index in [0.717, 1.165) is 0 Å². The predicted molar refractivity (Wildman–Crippen MR) is 81.0 cm³/mol. The molecule has 2 aromatic rings. The molecule has 1 heterocycles. The molecular weight excluding hydrogens is 306 g/mol. The fourth-order valence-electron chi connectivity index (χ4n) is 1.73. The molecule has 22 heavy (non-hydrogen) atoms. The Bertz CT molecular complexity index is 739. The summed E-state index contributed by atoms with van der Waals surface area (Å²) in [6.07, 6.45) is 1.37. The molecule has 0 aliphatic rings. The minimum Gasteiger partial charge on any atom is -0.505 e. The van der Waals surface area contributed by atoms with Crippen molar-refractivity contribution in [3.63, 3.8) is 0 Å². The summed E-state index contributed by atoms with van der Waals surface area (Å²) in [4.78, 5) is 26.2. The Morgan fingerprint density at radius 3 is 2.59 bits per heavy atom. The van der Waals surface area contributed by atoms with Crippen molar-refractivity contribution >= 4 is 31.3 Å². The number of carboxylic acids is 1. The number of benzene rings is 1. The maximum absolute atomic E-state index is 11.8. The second-order valence-electron chi connectivity index (χ2n) is 4.39. The largest absolute Gasteiger partial charge is 0.505 e. The van der Waals surface area contributed by atoms with Gasteiger partial charge in [0.2, 0.25) is 0 Å². The molecule has 1 aromatic carbocycles. The van der Waals surface area contributed by atoms with E-state index in [-0.39, 0.29) is 5.69 Å². The highest BCUT2D eigenvalue weighted by Gasteiger charge is 2.19. The third-order valence-electron chi connectivity index (χ3n) is 2.79. The molecule has 6 nitrogen and oxygen atoms in total. The number of pyridine rings is 1. The molecule has 110 valence electrons. The predicted octanol–water partition coefficient (Wildman–Crippen LogP) is 1.42. The standard InChI is InChI=1S/C14H10BClN2O4/c15-12(14(21)22)18-13(20)11-10(19)5-8(6-17-11)7-2-1-3-9(16)4-7/h1-6,12,19H,(H,18,20)(H,21,22). The van der Waals surface area contributed by atoms with Crippen molar-refractivity contribution in [1.82, 2.24) is 10.3 Å². The summed E-state index contributed by atoms with van der Waals surface area (Å²) in [6, 6.07) is 8.22. The van der Waals surface area contributed by atoms with Gasteiger partial charge in [0.1, 0.15) is 13.6 Å². The van der Waals surface area contributed by atoms with Crippen molar-refractivity contribution in [3.05, 3.63) is 47.2 Å². The Morgan fingerprint density at radius 1 is 1.27 bits per heavy atom. The van der Waals surface area contributed by atoms with Crippen LogP contribution >= 0.6 is 11.6 Å². The monoisotopic (exact) mass is 316 g/mol. The van der Waals surface area contributed by atoms with Crippen molar-refractivity contribution < 1.29 is 19.8 Å². The molecule has 1 atom stereocenters. The Balaban J connectivity index is 2.27. The molecule has 1 aromatic heterocycles. The molecule has 2 rings (SSSR count). The van der Waals surface area contributed by atoms with Gasteiger partial charge in [-0.1, -0.05) is 23.7 Å². The van der Waals surface area contributed by atoms with E-state index >= 15 is 0 Å². The summed E-state index contributed by atoms with van der Waals surface area (Å²) in [5.41, 5.74) is 0.950. The molecule has 3 N–H and O–H groups in total. The van der Waals surface area contributed by atoms with E-state index in [0.29, 0.717) is 16.1 Å². The van der Waals surface area contributed by atoms with Crippen LogP contribution in [0.2, 0.25) is 5.02 Å². The van der Waals surface area contributed by atoms with Gasteiger partial charge in [-0.25, -0.2) is 4.98 Å². The zero-order chi connectivity index (χ0) is 16.3. The van der Waals surface area contributed by atoms with E-state index in [1.54, 1.807) is 24.3 Å². The molecule has 0 bridgehead atoms. The molecule has 8 heteroatoms. The lowest BCUT2D eigenvalue weighted by molar-refractivity contribution is -0.137. The normalized spacial score (nSPS) is 11.7. The lowest BCUT2D eigenvalue weighted by atomic mass is 9.96. The minimum atomic E-state index is -1.58. The second-order valence-corrected chi connectivity index (χ2v) is 4.83. The number of hydrogen-bond acceptors (Lipinski definition) is 4. The number of nitrogens with zero attached hydrogens (tertiary/aromatic N) is 1. The number of carbonyl (C=O) groups is 2. The fraction of sp³-hybridized carbons (Fsp3) is 0.0714. The van der Waals surface area contributed by atoms with Crippen LogP contribution in [0, 0.1) is 0 Å². The quantitative estimate of drug-likeness (QED) is 0.741. The van der Waals surface area contributed by atoms with Crippen LogP contribution in [0.5, 0.6) is 5.75 Å². The second kappa shape index (κ2) is 6.49. The number of aromatic nitrogens is 1. The highest BCUT2D eigenvalue weighted by molar-refractivity contribution is 6.30. The van der Waals surface area contributed by atoms with Crippen LogP contribution in [0.3, 0.4) is 0 Å². The van der Waals surface area contributed by atoms with Gasteiger partial charge in [-0.05, 0) is 23.8 Å². The van der Waals surface area contributed by atoms with Crippen molar-refractivity contribution in [2.24, 2.45) is 0 Å². The van der Waals surface area contributed by atoms with Gasteiger partial charge in [0.05, 0.1) is 5.94 Å². The summed E-state index contributed by atoms with van der Waals surface area (Å²) in [5.74, 6) is -4.26. The molecule has 0 aliphatic carbocycles. The number of aliphatic carboxylic acids is 1. The molecule has 0 spiro atoms. The number of carboxylic acid groups (broad SMARTS) is 1. The first-order valence-corrected chi connectivity index (χ1v) is 6.50.